The van der Waals surface area contributed by atoms with E-state index in [1.165, 1.54) is 14.0 Å². The lowest BCUT2D eigenvalue weighted by Crippen LogP contribution is -2.51. The number of nitrogens with zero attached hydrogens (tertiary/aromatic N) is 1. The molecule has 0 aliphatic heterocycles. The van der Waals surface area contributed by atoms with Crippen LogP contribution in [-0.4, -0.2) is 83.6 Å². The van der Waals surface area contributed by atoms with Crippen molar-refractivity contribution < 1.29 is 43.3 Å². The molecule has 0 rings (SSSR count). The van der Waals surface area contributed by atoms with Crippen LogP contribution in [0.5, 0.6) is 0 Å². The maximum atomic E-state index is 12.6. The molecule has 37 heavy (non-hydrogen) atoms. The first kappa shape index (κ1) is 33.4. The molecule has 0 aromatic carbocycles. The van der Waals surface area contributed by atoms with Crippen molar-refractivity contribution in [3.05, 3.63) is 12.3 Å². The Labute approximate surface area is 217 Å². The van der Waals surface area contributed by atoms with Gasteiger partial charge in [-0.2, -0.15) is 0 Å². The lowest BCUT2D eigenvalue weighted by atomic mass is 10.0. The van der Waals surface area contributed by atoms with E-state index >= 15 is 0 Å². The quantitative estimate of drug-likeness (QED) is 0.200. The number of methoxy groups -OCH3 is 1. The highest BCUT2D eigenvalue weighted by atomic mass is 16.6. The molecule has 3 atom stereocenters. The SMILES string of the molecule is C=C(C(=O)N[C@H](C)C(=O)N[C@@H](CC(C)C)C(=O)O)N(C)C(=O)CC[C@@H](NC(=O)OC(C)(C)C)C(=O)OC. The number of hydrogen-bond acceptors (Lipinski definition) is 8. The number of nitrogens with one attached hydrogen (secondary N) is 3. The van der Waals surface area contributed by atoms with Crippen molar-refractivity contribution in [2.75, 3.05) is 14.2 Å². The fourth-order valence-corrected chi connectivity index (χ4v) is 2.91. The highest BCUT2D eigenvalue weighted by Crippen LogP contribution is 2.11. The normalized spacial score (nSPS) is 13.4. The first-order valence-electron chi connectivity index (χ1n) is 11.8. The average Bonchev–Trinajstić information content (AvgIpc) is 2.77. The maximum absolute atomic E-state index is 12.6. The van der Waals surface area contributed by atoms with Gasteiger partial charge in [0.15, 0.2) is 0 Å². The van der Waals surface area contributed by atoms with E-state index in [0.717, 1.165) is 12.0 Å². The molecule has 13 nitrogen and oxygen atoms in total. The van der Waals surface area contributed by atoms with Gasteiger partial charge in [-0.1, -0.05) is 20.4 Å². The van der Waals surface area contributed by atoms with E-state index in [-0.39, 0.29) is 30.9 Å². The molecule has 0 saturated heterocycles. The Hall–Kier alpha value is -3.64. The Bertz CT molecular complexity index is 880. The zero-order valence-corrected chi connectivity index (χ0v) is 22.8. The molecule has 0 heterocycles. The van der Waals surface area contributed by atoms with Gasteiger partial charge in [-0.25, -0.2) is 14.4 Å². The number of carbonyl (C=O) groups is 6. The largest absolute Gasteiger partial charge is 0.480 e. The summed E-state index contributed by atoms with van der Waals surface area (Å²) in [4.78, 5) is 73.8. The second kappa shape index (κ2) is 14.8. The molecule has 0 aliphatic rings. The van der Waals surface area contributed by atoms with Gasteiger partial charge in [-0.3, -0.25) is 14.4 Å². The lowest BCUT2D eigenvalue weighted by molar-refractivity contribution is -0.144. The summed E-state index contributed by atoms with van der Waals surface area (Å²) in [5.41, 5.74) is -1.08. The van der Waals surface area contributed by atoms with Crippen LogP contribution in [0.15, 0.2) is 12.3 Å². The van der Waals surface area contributed by atoms with E-state index in [1.54, 1.807) is 20.8 Å². The van der Waals surface area contributed by atoms with E-state index < -0.39 is 59.5 Å². The lowest BCUT2D eigenvalue weighted by Gasteiger charge is -2.24. The number of alkyl carbamates (subject to hydrolysis) is 1. The Balaban J connectivity index is 5.03. The van der Waals surface area contributed by atoms with Crippen LogP contribution in [0.4, 0.5) is 4.79 Å². The van der Waals surface area contributed by atoms with Gasteiger partial charge in [-0.15, -0.1) is 0 Å². The molecule has 0 aliphatic carbocycles. The molecule has 0 unspecified atom stereocenters. The Morgan fingerprint density at radius 1 is 0.973 bits per heavy atom. The number of likely N-dealkylation sites (N-methyl/N-ethyl adjacent to an activating group) is 1. The Kier molecular flexibility index (Phi) is 13.4. The van der Waals surface area contributed by atoms with Gasteiger partial charge in [0.25, 0.3) is 5.91 Å². The molecule has 210 valence electrons. The molecule has 0 aromatic heterocycles. The molecule has 0 fully saturated rings. The summed E-state index contributed by atoms with van der Waals surface area (Å²) >= 11 is 0. The number of rotatable bonds is 13. The third kappa shape index (κ3) is 12.8. The molecule has 4 N–H and O–H groups in total. The number of carboxylic acids is 1. The van der Waals surface area contributed by atoms with Gasteiger partial charge in [-0.05, 0) is 46.5 Å². The number of hydrogen-bond donors (Lipinski definition) is 4. The van der Waals surface area contributed by atoms with E-state index in [2.05, 4.69) is 27.3 Å². The smallest absolute Gasteiger partial charge is 0.408 e. The van der Waals surface area contributed by atoms with E-state index in [1.807, 2.05) is 13.8 Å². The summed E-state index contributed by atoms with van der Waals surface area (Å²) in [7, 11) is 2.41. The minimum atomic E-state index is -1.19. The van der Waals surface area contributed by atoms with E-state index in [4.69, 9.17) is 4.74 Å². The second-order valence-corrected chi connectivity index (χ2v) is 9.88. The van der Waals surface area contributed by atoms with Crippen molar-refractivity contribution in [2.24, 2.45) is 5.92 Å². The van der Waals surface area contributed by atoms with Crippen LogP contribution < -0.4 is 16.0 Å². The van der Waals surface area contributed by atoms with Crippen molar-refractivity contribution in [3.63, 3.8) is 0 Å². The van der Waals surface area contributed by atoms with Crippen LogP contribution in [0.2, 0.25) is 0 Å². The Morgan fingerprint density at radius 3 is 2.00 bits per heavy atom. The number of ether oxygens (including phenoxy) is 2. The fraction of sp³-hybridized carbons (Fsp3) is 0.667. The van der Waals surface area contributed by atoms with Gasteiger partial charge in [0.05, 0.1) is 7.11 Å². The number of amides is 4. The van der Waals surface area contributed by atoms with Crippen molar-refractivity contribution in [3.8, 4) is 0 Å². The molecule has 0 bridgehead atoms. The summed E-state index contributed by atoms with van der Waals surface area (Å²) < 4.78 is 9.77. The van der Waals surface area contributed by atoms with Crippen molar-refractivity contribution in [1.29, 1.82) is 0 Å². The third-order valence-corrected chi connectivity index (χ3v) is 4.93. The van der Waals surface area contributed by atoms with E-state index in [9.17, 15) is 33.9 Å². The van der Waals surface area contributed by atoms with Crippen LogP contribution in [0, 0.1) is 5.92 Å². The molecular weight excluding hydrogens is 488 g/mol. The number of carbonyl (C=O) groups excluding carboxylic acids is 5. The fourth-order valence-electron chi connectivity index (χ4n) is 2.91. The molecule has 0 saturated carbocycles. The van der Waals surface area contributed by atoms with Crippen LogP contribution in [0.3, 0.4) is 0 Å². The third-order valence-electron chi connectivity index (χ3n) is 4.93. The average molecular weight is 529 g/mol. The number of esters is 1. The van der Waals surface area contributed by atoms with Crippen LogP contribution >= 0.6 is 0 Å². The summed E-state index contributed by atoms with van der Waals surface area (Å²) in [6.45, 7) is 13.5. The zero-order chi connectivity index (χ0) is 29.1. The molecule has 0 aromatic rings. The minimum absolute atomic E-state index is 0.0175. The summed E-state index contributed by atoms with van der Waals surface area (Å²) in [5, 5.41) is 16.4. The summed E-state index contributed by atoms with van der Waals surface area (Å²) in [6, 6.07) is -3.39. The van der Waals surface area contributed by atoms with Crippen molar-refractivity contribution >= 4 is 35.8 Å². The van der Waals surface area contributed by atoms with Gasteiger partial charge in [0.2, 0.25) is 11.8 Å². The summed E-state index contributed by atoms with van der Waals surface area (Å²) in [5.74, 6) is -4.09. The Morgan fingerprint density at radius 2 is 1.54 bits per heavy atom. The monoisotopic (exact) mass is 528 g/mol. The predicted octanol–water partition coefficient (Wildman–Crippen LogP) is 0.925. The van der Waals surface area contributed by atoms with Crippen molar-refractivity contribution in [1.82, 2.24) is 20.9 Å². The van der Waals surface area contributed by atoms with Crippen LogP contribution in [0.1, 0.15) is 60.8 Å². The van der Waals surface area contributed by atoms with Gasteiger partial charge < -0.3 is 35.4 Å². The van der Waals surface area contributed by atoms with Gasteiger partial charge in [0, 0.05) is 13.5 Å². The molecule has 0 spiro atoms. The van der Waals surface area contributed by atoms with Crippen LogP contribution in [-0.2, 0) is 33.4 Å². The van der Waals surface area contributed by atoms with Gasteiger partial charge in [0.1, 0.15) is 29.4 Å². The van der Waals surface area contributed by atoms with Crippen LogP contribution in [0.25, 0.3) is 0 Å². The number of aliphatic carboxylic acids is 1. The number of carboxylic acid groups (broad SMARTS) is 1. The predicted molar refractivity (Wildman–Crippen MR) is 133 cm³/mol. The standard InChI is InChI=1S/C24H40N4O9/c1-13(2)12-17(21(32)33)26-19(30)14(3)25-20(31)15(4)28(8)18(29)11-10-16(22(34)36-9)27-23(35)37-24(5,6)7/h13-14,16-17H,4,10-12H2,1-3,5-9H3,(H,25,31)(H,26,30)(H,27,35)(H,32,33)/t14-,16-,17+/m1/s1. The molecule has 0 radical (unpaired) electrons. The summed E-state index contributed by atoms with van der Waals surface area (Å²) in [6.07, 6.45) is -1.06. The first-order chi connectivity index (χ1) is 16.9. The van der Waals surface area contributed by atoms with Crippen molar-refractivity contribution in [2.45, 2.75) is 84.5 Å². The zero-order valence-electron chi connectivity index (χ0n) is 22.8. The first-order valence-corrected chi connectivity index (χ1v) is 11.8. The topological polar surface area (TPSA) is 180 Å². The van der Waals surface area contributed by atoms with Gasteiger partial charge >= 0.3 is 18.0 Å². The molecular formula is C24H40N4O9. The highest BCUT2D eigenvalue weighted by molar-refractivity contribution is 5.99. The second-order valence-electron chi connectivity index (χ2n) is 9.88. The van der Waals surface area contributed by atoms with E-state index in [0.29, 0.717) is 0 Å². The molecule has 4 amide bonds. The minimum Gasteiger partial charge on any atom is -0.480 e. The maximum Gasteiger partial charge on any atom is 0.408 e. The molecule has 13 heteroatoms. The highest BCUT2D eigenvalue weighted by Gasteiger charge is 2.29.